The van der Waals surface area contributed by atoms with Gasteiger partial charge in [-0.1, -0.05) is 36.6 Å². The van der Waals surface area contributed by atoms with Gasteiger partial charge in [0.1, 0.15) is 5.54 Å². The van der Waals surface area contributed by atoms with Crippen molar-refractivity contribution in [3.63, 3.8) is 0 Å². The molecular weight excluding hydrogens is 332 g/mol. The fourth-order valence-electron chi connectivity index (χ4n) is 3.34. The number of benzene rings is 1. The number of aryl methyl sites for hydroxylation is 1. The SMILES string of the molecule is CC(=O)NCc1ccc(C(=O)NC2(c3noc(C)n3)CCCCC2)cc1. The third-order valence-corrected chi connectivity index (χ3v) is 4.77. The number of aromatic nitrogens is 2. The van der Waals surface area contributed by atoms with E-state index in [0.29, 0.717) is 23.8 Å². The minimum absolute atomic E-state index is 0.0820. The standard InChI is InChI=1S/C19H24N4O3/c1-13(24)20-12-15-6-8-16(9-7-15)17(25)22-19(10-4-3-5-11-19)18-21-14(2)26-23-18/h6-9H,3-5,10-12H2,1-2H3,(H,20,24)(H,22,25). The van der Waals surface area contributed by atoms with Crippen molar-refractivity contribution in [2.24, 2.45) is 0 Å². The minimum Gasteiger partial charge on any atom is -0.352 e. The second kappa shape index (κ2) is 7.68. The van der Waals surface area contributed by atoms with Gasteiger partial charge in [0.25, 0.3) is 5.91 Å². The monoisotopic (exact) mass is 356 g/mol. The smallest absolute Gasteiger partial charge is 0.252 e. The molecule has 1 aromatic heterocycles. The van der Waals surface area contributed by atoms with Crippen molar-refractivity contribution in [3.8, 4) is 0 Å². The first kappa shape index (κ1) is 18.1. The van der Waals surface area contributed by atoms with Gasteiger partial charge in [0.2, 0.25) is 11.8 Å². The van der Waals surface area contributed by atoms with E-state index in [0.717, 1.165) is 37.7 Å². The van der Waals surface area contributed by atoms with Crippen LogP contribution >= 0.6 is 0 Å². The van der Waals surface area contributed by atoms with Crippen LogP contribution < -0.4 is 10.6 Å². The molecule has 1 heterocycles. The number of rotatable bonds is 5. The first-order valence-corrected chi connectivity index (χ1v) is 8.95. The predicted molar refractivity (Wildman–Crippen MR) is 95.2 cm³/mol. The van der Waals surface area contributed by atoms with E-state index in [-0.39, 0.29) is 11.8 Å². The molecule has 3 rings (SSSR count). The second-order valence-corrected chi connectivity index (χ2v) is 6.84. The van der Waals surface area contributed by atoms with Gasteiger partial charge in [-0.2, -0.15) is 4.98 Å². The number of nitrogens with one attached hydrogen (secondary N) is 2. The summed E-state index contributed by atoms with van der Waals surface area (Å²) < 4.78 is 5.15. The maximum absolute atomic E-state index is 12.8. The molecule has 0 aliphatic heterocycles. The van der Waals surface area contributed by atoms with Crippen LogP contribution in [0.1, 0.15) is 66.7 Å². The van der Waals surface area contributed by atoms with Gasteiger partial charge in [-0.15, -0.1) is 0 Å². The highest BCUT2D eigenvalue weighted by Crippen LogP contribution is 2.36. The molecule has 1 aliphatic carbocycles. The molecule has 1 aromatic carbocycles. The number of amides is 2. The summed E-state index contributed by atoms with van der Waals surface area (Å²) in [4.78, 5) is 28.2. The summed E-state index contributed by atoms with van der Waals surface area (Å²) in [5.74, 6) is 0.828. The molecule has 7 heteroatoms. The van der Waals surface area contributed by atoms with Crippen LogP contribution in [-0.4, -0.2) is 22.0 Å². The van der Waals surface area contributed by atoms with Gasteiger partial charge in [-0.05, 0) is 30.5 Å². The van der Waals surface area contributed by atoms with Crippen LogP contribution in [0.15, 0.2) is 28.8 Å². The molecule has 1 saturated carbocycles. The molecule has 138 valence electrons. The molecule has 1 aliphatic rings. The van der Waals surface area contributed by atoms with Crippen molar-refractivity contribution < 1.29 is 14.1 Å². The van der Waals surface area contributed by atoms with Crippen LogP contribution in [-0.2, 0) is 16.9 Å². The molecule has 0 atom stereocenters. The Kier molecular flexibility index (Phi) is 5.35. The van der Waals surface area contributed by atoms with E-state index in [1.807, 2.05) is 12.1 Å². The topological polar surface area (TPSA) is 97.1 Å². The Hall–Kier alpha value is -2.70. The maximum atomic E-state index is 12.8. The Morgan fingerprint density at radius 3 is 2.42 bits per heavy atom. The normalized spacial score (nSPS) is 16.1. The third-order valence-electron chi connectivity index (χ3n) is 4.77. The molecule has 1 fully saturated rings. The average molecular weight is 356 g/mol. The molecule has 0 radical (unpaired) electrons. The molecule has 2 aromatic rings. The summed E-state index contributed by atoms with van der Waals surface area (Å²) in [7, 11) is 0. The Morgan fingerprint density at radius 1 is 1.15 bits per heavy atom. The van der Waals surface area contributed by atoms with Gasteiger partial charge in [-0.25, -0.2) is 0 Å². The Morgan fingerprint density at radius 2 is 1.85 bits per heavy atom. The van der Waals surface area contributed by atoms with Crippen LogP contribution in [0, 0.1) is 6.92 Å². The lowest BCUT2D eigenvalue weighted by molar-refractivity contribution is -0.119. The van der Waals surface area contributed by atoms with Gasteiger partial charge in [0, 0.05) is 26.0 Å². The van der Waals surface area contributed by atoms with E-state index in [1.54, 1.807) is 19.1 Å². The van der Waals surface area contributed by atoms with Crippen molar-refractivity contribution in [1.82, 2.24) is 20.8 Å². The lowest BCUT2D eigenvalue weighted by Gasteiger charge is -2.35. The number of hydrogen-bond acceptors (Lipinski definition) is 5. The molecule has 0 bridgehead atoms. The van der Waals surface area contributed by atoms with Gasteiger partial charge in [0.15, 0.2) is 5.82 Å². The molecule has 2 amide bonds. The first-order chi connectivity index (χ1) is 12.5. The fourth-order valence-corrected chi connectivity index (χ4v) is 3.34. The first-order valence-electron chi connectivity index (χ1n) is 8.95. The fraction of sp³-hybridized carbons (Fsp3) is 0.474. The number of nitrogens with zero attached hydrogens (tertiary/aromatic N) is 2. The van der Waals surface area contributed by atoms with Crippen LogP contribution in [0.25, 0.3) is 0 Å². The van der Waals surface area contributed by atoms with Gasteiger partial charge < -0.3 is 15.2 Å². The van der Waals surface area contributed by atoms with E-state index in [1.165, 1.54) is 6.92 Å². The van der Waals surface area contributed by atoms with E-state index in [9.17, 15) is 9.59 Å². The summed E-state index contributed by atoms with van der Waals surface area (Å²) in [6, 6.07) is 7.22. The van der Waals surface area contributed by atoms with Crippen molar-refractivity contribution in [3.05, 3.63) is 47.1 Å². The minimum atomic E-state index is -0.568. The summed E-state index contributed by atoms with van der Waals surface area (Å²) in [5.41, 5.74) is 0.946. The zero-order valence-electron chi connectivity index (χ0n) is 15.2. The summed E-state index contributed by atoms with van der Waals surface area (Å²) in [5, 5.41) is 9.97. The Bertz CT molecular complexity index is 776. The van der Waals surface area contributed by atoms with Crippen molar-refractivity contribution in [2.75, 3.05) is 0 Å². The Balaban J connectivity index is 1.74. The molecule has 0 spiro atoms. The predicted octanol–water partition coefficient (Wildman–Crippen LogP) is 2.60. The van der Waals surface area contributed by atoms with Crippen LogP contribution in [0.4, 0.5) is 0 Å². The summed E-state index contributed by atoms with van der Waals surface area (Å²) in [6.45, 7) is 3.68. The van der Waals surface area contributed by atoms with E-state index in [4.69, 9.17) is 4.52 Å². The van der Waals surface area contributed by atoms with E-state index >= 15 is 0 Å². The molecule has 0 unspecified atom stereocenters. The zero-order valence-corrected chi connectivity index (χ0v) is 15.2. The summed E-state index contributed by atoms with van der Waals surface area (Å²) in [6.07, 6.45) is 4.79. The highest BCUT2D eigenvalue weighted by molar-refractivity contribution is 5.94. The number of carbonyl (C=O) groups is 2. The second-order valence-electron chi connectivity index (χ2n) is 6.84. The average Bonchev–Trinajstić information content (AvgIpc) is 3.08. The number of carbonyl (C=O) groups excluding carboxylic acids is 2. The lowest BCUT2D eigenvalue weighted by Crippen LogP contribution is -2.48. The van der Waals surface area contributed by atoms with E-state index < -0.39 is 5.54 Å². The highest BCUT2D eigenvalue weighted by atomic mass is 16.5. The van der Waals surface area contributed by atoms with Crippen molar-refractivity contribution in [2.45, 2.75) is 58.0 Å². The van der Waals surface area contributed by atoms with E-state index in [2.05, 4.69) is 20.8 Å². The van der Waals surface area contributed by atoms with Gasteiger partial charge in [0.05, 0.1) is 0 Å². The molecular formula is C19H24N4O3. The largest absolute Gasteiger partial charge is 0.352 e. The van der Waals surface area contributed by atoms with Gasteiger partial charge >= 0.3 is 0 Å². The maximum Gasteiger partial charge on any atom is 0.252 e. The molecule has 7 nitrogen and oxygen atoms in total. The quantitative estimate of drug-likeness (QED) is 0.858. The molecule has 0 saturated heterocycles. The van der Waals surface area contributed by atoms with Crippen LogP contribution in [0.3, 0.4) is 0 Å². The van der Waals surface area contributed by atoms with Crippen LogP contribution in [0.2, 0.25) is 0 Å². The zero-order chi connectivity index (χ0) is 18.6. The highest BCUT2D eigenvalue weighted by Gasteiger charge is 2.39. The molecule has 26 heavy (non-hydrogen) atoms. The molecule has 2 N–H and O–H groups in total. The van der Waals surface area contributed by atoms with Crippen LogP contribution in [0.5, 0.6) is 0 Å². The number of hydrogen-bond donors (Lipinski definition) is 2. The van der Waals surface area contributed by atoms with Gasteiger partial charge in [-0.3, -0.25) is 9.59 Å². The van der Waals surface area contributed by atoms with Crippen molar-refractivity contribution in [1.29, 1.82) is 0 Å². The summed E-state index contributed by atoms with van der Waals surface area (Å²) >= 11 is 0. The third kappa shape index (κ3) is 4.09. The Labute approximate surface area is 152 Å². The van der Waals surface area contributed by atoms with Crippen molar-refractivity contribution >= 4 is 11.8 Å². The lowest BCUT2D eigenvalue weighted by atomic mass is 9.80.